The van der Waals surface area contributed by atoms with Gasteiger partial charge in [-0.1, -0.05) is 39.9 Å². The maximum atomic E-state index is 12.4. The molecule has 1 rings (SSSR count). The maximum Gasteiger partial charge on any atom is 0.123 e. The maximum absolute atomic E-state index is 12.4. The van der Waals surface area contributed by atoms with Crippen molar-refractivity contribution in [3.05, 3.63) is 35.6 Å². The average molecular weight is 227 g/mol. The average Bonchev–Trinajstić information content (AvgIpc) is 2.09. The molecule has 0 bridgehead atoms. The summed E-state index contributed by atoms with van der Waals surface area (Å²) in [6.07, 6.45) is 0.686. The Balaban J connectivity index is 2.59. The zero-order valence-corrected chi connectivity index (χ0v) is 8.07. The molecule has 0 spiro atoms. The Bertz CT molecular complexity index is 292. The Morgan fingerprint density at radius 1 is 1.17 bits per heavy atom. The number of benzene rings is 1. The van der Waals surface area contributed by atoms with Gasteiger partial charge in [0.05, 0.1) is 5.33 Å². The molecule has 1 aromatic carbocycles. The summed E-state index contributed by atoms with van der Waals surface area (Å²) >= 11 is 3.20. The van der Waals surface area contributed by atoms with Crippen LogP contribution in [0.5, 0.6) is 0 Å². The van der Waals surface area contributed by atoms with E-state index in [0.29, 0.717) is 11.8 Å². The van der Waals surface area contributed by atoms with Crippen molar-refractivity contribution in [3.63, 3.8) is 0 Å². The predicted octanol–water partition coefficient (Wildman–Crippen LogP) is 2.77. The second-order valence-corrected chi connectivity index (χ2v) is 2.85. The standard InChI is InChI=1S/C10H8BrF/c11-8-2-1-3-9-4-6-10(12)7-5-9/h4-7H,3,8H2. The molecule has 0 saturated carbocycles. The third kappa shape index (κ3) is 3.06. The summed E-state index contributed by atoms with van der Waals surface area (Å²) in [6, 6.07) is 6.40. The zero-order chi connectivity index (χ0) is 8.81. The van der Waals surface area contributed by atoms with Crippen LogP contribution < -0.4 is 0 Å². The summed E-state index contributed by atoms with van der Waals surface area (Å²) in [5.41, 5.74) is 1.05. The van der Waals surface area contributed by atoms with Gasteiger partial charge in [-0.05, 0) is 17.7 Å². The first-order valence-electron chi connectivity index (χ1n) is 3.59. The first kappa shape index (κ1) is 9.28. The molecule has 0 aliphatic heterocycles. The molecule has 0 N–H and O–H groups in total. The van der Waals surface area contributed by atoms with Gasteiger partial charge >= 0.3 is 0 Å². The monoisotopic (exact) mass is 226 g/mol. The first-order chi connectivity index (χ1) is 5.83. The van der Waals surface area contributed by atoms with Gasteiger partial charge in [-0.25, -0.2) is 4.39 Å². The van der Waals surface area contributed by atoms with Crippen LogP contribution in [0.25, 0.3) is 0 Å². The van der Waals surface area contributed by atoms with Crippen molar-refractivity contribution in [1.29, 1.82) is 0 Å². The van der Waals surface area contributed by atoms with Crippen LogP contribution >= 0.6 is 15.9 Å². The van der Waals surface area contributed by atoms with Crippen LogP contribution in [0.2, 0.25) is 0 Å². The molecule has 0 fully saturated rings. The van der Waals surface area contributed by atoms with Gasteiger partial charge in [-0.2, -0.15) is 0 Å². The van der Waals surface area contributed by atoms with Crippen LogP contribution in [-0.2, 0) is 6.42 Å². The molecule has 0 heterocycles. The van der Waals surface area contributed by atoms with E-state index in [-0.39, 0.29) is 5.82 Å². The highest BCUT2D eigenvalue weighted by molar-refractivity contribution is 9.09. The lowest BCUT2D eigenvalue weighted by Crippen LogP contribution is -1.81. The Hall–Kier alpha value is -0.810. The molecular formula is C10H8BrF. The Morgan fingerprint density at radius 3 is 2.42 bits per heavy atom. The van der Waals surface area contributed by atoms with Gasteiger partial charge < -0.3 is 0 Å². The molecule has 2 heteroatoms. The summed E-state index contributed by atoms with van der Waals surface area (Å²) in [4.78, 5) is 0. The minimum absolute atomic E-state index is 0.202. The lowest BCUT2D eigenvalue weighted by Gasteiger charge is -1.92. The smallest absolute Gasteiger partial charge is 0.123 e. The van der Waals surface area contributed by atoms with Crippen molar-refractivity contribution in [2.24, 2.45) is 0 Å². The van der Waals surface area contributed by atoms with E-state index in [0.717, 1.165) is 5.56 Å². The van der Waals surface area contributed by atoms with Crippen molar-refractivity contribution in [2.45, 2.75) is 6.42 Å². The molecule has 62 valence electrons. The number of hydrogen-bond acceptors (Lipinski definition) is 0. The van der Waals surface area contributed by atoms with E-state index < -0.39 is 0 Å². The quantitative estimate of drug-likeness (QED) is 0.511. The normalized spacial score (nSPS) is 8.83. The molecule has 0 aliphatic rings. The van der Waals surface area contributed by atoms with Crippen molar-refractivity contribution in [3.8, 4) is 11.8 Å². The molecule has 0 unspecified atom stereocenters. The fraction of sp³-hybridized carbons (Fsp3) is 0.200. The minimum Gasteiger partial charge on any atom is -0.207 e. The van der Waals surface area contributed by atoms with Crippen LogP contribution in [0, 0.1) is 17.7 Å². The molecule has 0 amide bonds. The Kier molecular flexibility index (Phi) is 3.83. The summed E-state index contributed by atoms with van der Waals surface area (Å²) in [7, 11) is 0. The van der Waals surface area contributed by atoms with Crippen LogP contribution in [0.3, 0.4) is 0 Å². The van der Waals surface area contributed by atoms with Gasteiger partial charge in [0.1, 0.15) is 5.82 Å². The van der Waals surface area contributed by atoms with Gasteiger partial charge in [-0.15, -0.1) is 0 Å². The number of alkyl halides is 1. The molecule has 0 radical (unpaired) electrons. The van der Waals surface area contributed by atoms with E-state index in [1.165, 1.54) is 12.1 Å². The van der Waals surface area contributed by atoms with Gasteiger partial charge in [0.25, 0.3) is 0 Å². The van der Waals surface area contributed by atoms with Crippen molar-refractivity contribution >= 4 is 15.9 Å². The lowest BCUT2D eigenvalue weighted by atomic mass is 10.1. The summed E-state index contributed by atoms with van der Waals surface area (Å²) in [5, 5.41) is 0.689. The van der Waals surface area contributed by atoms with Crippen molar-refractivity contribution < 1.29 is 4.39 Å². The van der Waals surface area contributed by atoms with Gasteiger partial charge in [0.2, 0.25) is 0 Å². The highest BCUT2D eigenvalue weighted by atomic mass is 79.9. The van der Waals surface area contributed by atoms with Crippen molar-refractivity contribution in [1.82, 2.24) is 0 Å². The first-order valence-corrected chi connectivity index (χ1v) is 4.71. The van der Waals surface area contributed by atoms with Crippen LogP contribution in [-0.4, -0.2) is 5.33 Å². The fourth-order valence-electron chi connectivity index (χ4n) is 0.814. The molecule has 12 heavy (non-hydrogen) atoms. The topological polar surface area (TPSA) is 0 Å². The van der Waals surface area contributed by atoms with Crippen LogP contribution in [0.15, 0.2) is 24.3 Å². The van der Waals surface area contributed by atoms with E-state index in [2.05, 4.69) is 27.8 Å². The molecule has 0 nitrogen and oxygen atoms in total. The van der Waals surface area contributed by atoms with E-state index >= 15 is 0 Å². The van der Waals surface area contributed by atoms with Gasteiger partial charge in [-0.3, -0.25) is 0 Å². The molecule has 0 atom stereocenters. The molecular weight excluding hydrogens is 219 g/mol. The van der Waals surface area contributed by atoms with Crippen molar-refractivity contribution in [2.75, 3.05) is 5.33 Å². The summed E-state index contributed by atoms with van der Waals surface area (Å²) < 4.78 is 12.4. The van der Waals surface area contributed by atoms with E-state index in [1.54, 1.807) is 12.1 Å². The van der Waals surface area contributed by atoms with Gasteiger partial charge in [0, 0.05) is 6.42 Å². The third-order valence-electron chi connectivity index (χ3n) is 1.40. The molecule has 0 aromatic heterocycles. The second-order valence-electron chi connectivity index (χ2n) is 2.29. The number of halogens is 2. The molecule has 0 saturated heterocycles. The largest absolute Gasteiger partial charge is 0.207 e. The zero-order valence-electron chi connectivity index (χ0n) is 6.48. The summed E-state index contributed by atoms with van der Waals surface area (Å²) in [5.74, 6) is 5.63. The Morgan fingerprint density at radius 2 is 1.83 bits per heavy atom. The van der Waals surface area contributed by atoms with E-state index in [4.69, 9.17) is 0 Å². The van der Waals surface area contributed by atoms with E-state index in [9.17, 15) is 4.39 Å². The SMILES string of the molecule is Fc1ccc(CC#CCBr)cc1. The highest BCUT2D eigenvalue weighted by Crippen LogP contribution is 2.02. The van der Waals surface area contributed by atoms with Crippen LogP contribution in [0.4, 0.5) is 4.39 Å². The predicted molar refractivity (Wildman–Crippen MR) is 51.7 cm³/mol. The van der Waals surface area contributed by atoms with Crippen LogP contribution in [0.1, 0.15) is 5.56 Å². The number of rotatable bonds is 1. The Labute approximate surface area is 79.9 Å². The molecule has 1 aromatic rings. The van der Waals surface area contributed by atoms with Gasteiger partial charge in [0.15, 0.2) is 0 Å². The fourth-order valence-corrected chi connectivity index (χ4v) is 1.01. The minimum atomic E-state index is -0.202. The highest BCUT2D eigenvalue weighted by Gasteiger charge is 1.89. The number of hydrogen-bond donors (Lipinski definition) is 0. The van der Waals surface area contributed by atoms with E-state index in [1.807, 2.05) is 0 Å². The second kappa shape index (κ2) is 4.95. The molecule has 0 aliphatic carbocycles. The summed E-state index contributed by atoms with van der Waals surface area (Å²) in [6.45, 7) is 0. The lowest BCUT2D eigenvalue weighted by molar-refractivity contribution is 0.627. The third-order valence-corrected chi connectivity index (χ3v) is 1.68.